The standard InChI is InChI=1S/C70H64N4O2/c1-3-18-50-40-56(76-58-44-52(72-38-17-22-49-20-5-11-28-66(49)72)42-54(46-58)74-69-31-14-8-25-63(69)64-26-9-15-32-70(64)74)34-36-60(50)59-35-33-55(39-47(59)2)75-57-43-51(71-37-16-21-48-19-4-10-27-65(48)71)41-53(45-57)73-67-29-12-6-23-61(67)62-24-7-13-30-68(62)73/h4-15,19,23-36,39,41-45,49,54,56H,3,16-18,20-22,37-38,40,46H2,1-2H3. The molecule has 1 saturated heterocycles. The summed E-state index contributed by atoms with van der Waals surface area (Å²) in [6.45, 7) is 6.50. The maximum absolute atomic E-state index is 7.28. The molecule has 0 amide bonds. The van der Waals surface area contributed by atoms with Crippen LogP contribution in [0.15, 0.2) is 223 Å². The molecule has 0 N–H and O–H groups in total. The number of rotatable bonds is 11. The Kier molecular flexibility index (Phi) is 11.9. The molecule has 0 spiro atoms. The molecule has 76 heavy (non-hydrogen) atoms. The quantitative estimate of drug-likeness (QED) is 0.129. The smallest absolute Gasteiger partial charge is 0.131 e. The van der Waals surface area contributed by atoms with Gasteiger partial charge in [-0.05, 0) is 141 Å². The summed E-state index contributed by atoms with van der Waals surface area (Å²) in [6, 6.07) is 57.7. The number of fused-ring (bicyclic) bond motifs is 8. The maximum Gasteiger partial charge on any atom is 0.131 e. The van der Waals surface area contributed by atoms with Crippen molar-refractivity contribution in [1.82, 2.24) is 14.0 Å². The molecule has 3 aliphatic carbocycles. The zero-order valence-corrected chi connectivity index (χ0v) is 43.7. The highest BCUT2D eigenvalue weighted by Crippen LogP contribution is 2.45. The molecule has 3 atom stereocenters. The normalized spacial score (nSPS) is 19.5. The Bertz CT molecular complexity index is 3840. The molecule has 6 nitrogen and oxygen atoms in total. The van der Waals surface area contributed by atoms with Gasteiger partial charge in [0.2, 0.25) is 0 Å². The number of anilines is 2. The summed E-state index contributed by atoms with van der Waals surface area (Å²) in [4.78, 5) is 5.08. The summed E-state index contributed by atoms with van der Waals surface area (Å²) in [5.41, 5.74) is 17.7. The van der Waals surface area contributed by atoms with Crippen LogP contribution in [0.4, 0.5) is 11.4 Å². The van der Waals surface area contributed by atoms with Crippen molar-refractivity contribution in [1.29, 1.82) is 0 Å². The van der Waals surface area contributed by atoms with E-state index in [9.17, 15) is 0 Å². The highest BCUT2D eigenvalue weighted by atomic mass is 16.5. The van der Waals surface area contributed by atoms with Gasteiger partial charge in [0, 0.05) is 99.3 Å². The Balaban J connectivity index is 0.774. The Morgan fingerprint density at radius 3 is 2.08 bits per heavy atom. The van der Waals surface area contributed by atoms with Gasteiger partial charge in [0.25, 0.3) is 0 Å². The van der Waals surface area contributed by atoms with Crippen LogP contribution in [0.25, 0.3) is 54.9 Å². The third-order valence-electron chi connectivity index (χ3n) is 16.9. The van der Waals surface area contributed by atoms with Gasteiger partial charge in [0.1, 0.15) is 23.4 Å². The van der Waals surface area contributed by atoms with E-state index < -0.39 is 0 Å². The lowest BCUT2D eigenvalue weighted by molar-refractivity contribution is 0.138. The van der Waals surface area contributed by atoms with Gasteiger partial charge < -0.3 is 28.4 Å². The highest BCUT2D eigenvalue weighted by molar-refractivity contribution is 6.10. The zero-order chi connectivity index (χ0) is 50.7. The number of ether oxygens (including phenoxy) is 2. The predicted octanol–water partition coefficient (Wildman–Crippen LogP) is 17.9. The van der Waals surface area contributed by atoms with Crippen LogP contribution in [0.3, 0.4) is 0 Å². The number of hydrogen-bond donors (Lipinski definition) is 0. The SMILES string of the molecule is CCCC1=C(c2ccc(Oc3cc(N4CCCc5ccccc54)cc(-n4c5ccccc5c5ccccc54)c3)cc2C)C=CC(OC2=CC(N3CCCC4CC=CC=C43)=CC(n3c4ccccc4c4ccccc43)C2)C1. The molecular weight excluding hydrogens is 929 g/mol. The number of piperidine rings is 1. The van der Waals surface area contributed by atoms with E-state index >= 15 is 0 Å². The summed E-state index contributed by atoms with van der Waals surface area (Å²) in [5, 5.41) is 5.09. The minimum absolute atomic E-state index is 0.0635. The molecule has 7 aromatic carbocycles. The first-order valence-electron chi connectivity index (χ1n) is 27.9. The van der Waals surface area contributed by atoms with E-state index in [-0.39, 0.29) is 12.1 Å². The van der Waals surface area contributed by atoms with Crippen molar-refractivity contribution in [3.05, 3.63) is 240 Å². The number of aromatic nitrogens is 2. The number of benzene rings is 7. The maximum atomic E-state index is 7.28. The van der Waals surface area contributed by atoms with Gasteiger partial charge in [-0.3, -0.25) is 0 Å². The number of para-hydroxylation sites is 5. The molecule has 2 aromatic heterocycles. The first kappa shape index (κ1) is 46.3. The van der Waals surface area contributed by atoms with E-state index in [1.54, 1.807) is 0 Å². The molecule has 3 unspecified atom stereocenters. The number of hydrogen-bond acceptors (Lipinski definition) is 4. The molecule has 9 aromatic rings. The van der Waals surface area contributed by atoms with Gasteiger partial charge in [-0.25, -0.2) is 0 Å². The van der Waals surface area contributed by atoms with Crippen molar-refractivity contribution >= 4 is 60.6 Å². The van der Waals surface area contributed by atoms with Crippen molar-refractivity contribution in [2.24, 2.45) is 5.92 Å². The average molecular weight is 993 g/mol. The van der Waals surface area contributed by atoms with E-state index in [0.29, 0.717) is 5.92 Å². The Labute approximate surface area is 446 Å². The fraction of sp³-hybridized carbons (Fsp3) is 0.229. The van der Waals surface area contributed by atoms with E-state index in [1.165, 1.54) is 101 Å². The number of allylic oxidation sites excluding steroid dienone is 9. The second-order valence-electron chi connectivity index (χ2n) is 21.6. The molecule has 0 radical (unpaired) electrons. The fourth-order valence-corrected chi connectivity index (χ4v) is 13.5. The van der Waals surface area contributed by atoms with E-state index in [0.717, 1.165) is 86.7 Å². The zero-order valence-electron chi connectivity index (χ0n) is 43.7. The largest absolute Gasteiger partial charge is 0.490 e. The van der Waals surface area contributed by atoms with Crippen LogP contribution in [0, 0.1) is 12.8 Å². The Morgan fingerprint density at radius 1 is 0.645 bits per heavy atom. The molecule has 6 heteroatoms. The van der Waals surface area contributed by atoms with Gasteiger partial charge in [-0.15, -0.1) is 0 Å². The van der Waals surface area contributed by atoms with Crippen LogP contribution in [0.1, 0.15) is 81.0 Å². The average Bonchev–Trinajstić information content (AvgIpc) is 4.06. The fourth-order valence-electron chi connectivity index (χ4n) is 13.5. The number of nitrogens with zero attached hydrogens (tertiary/aromatic N) is 4. The third kappa shape index (κ3) is 8.26. The van der Waals surface area contributed by atoms with Crippen LogP contribution in [-0.2, 0) is 11.2 Å². The van der Waals surface area contributed by atoms with Crippen LogP contribution in [0.2, 0.25) is 0 Å². The topological polar surface area (TPSA) is 34.8 Å². The summed E-state index contributed by atoms with van der Waals surface area (Å²) in [6.07, 6.45) is 25.9. The molecule has 2 aliphatic heterocycles. The Morgan fingerprint density at radius 2 is 1.33 bits per heavy atom. The molecule has 4 heterocycles. The molecular formula is C70H64N4O2. The third-order valence-corrected chi connectivity index (χ3v) is 16.9. The first-order valence-corrected chi connectivity index (χ1v) is 27.9. The van der Waals surface area contributed by atoms with Gasteiger partial charge in [-0.2, -0.15) is 0 Å². The van der Waals surface area contributed by atoms with Gasteiger partial charge in [0.15, 0.2) is 0 Å². The van der Waals surface area contributed by atoms with Crippen molar-refractivity contribution in [2.75, 3.05) is 18.0 Å². The van der Waals surface area contributed by atoms with Crippen LogP contribution in [0.5, 0.6) is 11.5 Å². The molecule has 14 rings (SSSR count). The lowest BCUT2D eigenvalue weighted by Gasteiger charge is -2.40. The second kappa shape index (κ2) is 19.5. The molecule has 1 fully saturated rings. The van der Waals surface area contributed by atoms with Gasteiger partial charge in [-0.1, -0.05) is 134 Å². The number of aryl methyl sites for hydroxylation is 2. The van der Waals surface area contributed by atoms with E-state index in [2.05, 4.69) is 233 Å². The summed E-state index contributed by atoms with van der Waals surface area (Å²) >= 11 is 0. The van der Waals surface area contributed by atoms with Gasteiger partial charge in [0.05, 0.1) is 22.8 Å². The Hall–Kier alpha value is -8.22. The van der Waals surface area contributed by atoms with Crippen molar-refractivity contribution in [2.45, 2.75) is 83.8 Å². The predicted molar refractivity (Wildman–Crippen MR) is 315 cm³/mol. The monoisotopic (exact) mass is 993 g/mol. The molecule has 5 aliphatic rings. The van der Waals surface area contributed by atoms with Gasteiger partial charge >= 0.3 is 0 Å². The van der Waals surface area contributed by atoms with Crippen molar-refractivity contribution < 1.29 is 9.47 Å². The van der Waals surface area contributed by atoms with Crippen molar-refractivity contribution in [3.8, 4) is 17.2 Å². The van der Waals surface area contributed by atoms with Crippen molar-refractivity contribution in [3.63, 3.8) is 0 Å². The van der Waals surface area contributed by atoms with E-state index in [1.807, 2.05) is 0 Å². The molecule has 0 bridgehead atoms. The highest BCUT2D eigenvalue weighted by Gasteiger charge is 2.32. The van der Waals surface area contributed by atoms with E-state index in [4.69, 9.17) is 9.47 Å². The molecule has 376 valence electrons. The summed E-state index contributed by atoms with van der Waals surface area (Å²) < 4.78 is 19.3. The van der Waals surface area contributed by atoms with Crippen LogP contribution >= 0.6 is 0 Å². The second-order valence-corrected chi connectivity index (χ2v) is 21.6. The molecule has 0 saturated carbocycles. The lowest BCUT2D eigenvalue weighted by Crippen LogP contribution is -2.34. The first-order chi connectivity index (χ1) is 37.5. The summed E-state index contributed by atoms with van der Waals surface area (Å²) in [7, 11) is 0. The lowest BCUT2D eigenvalue weighted by atomic mass is 9.86. The summed E-state index contributed by atoms with van der Waals surface area (Å²) in [5.74, 6) is 3.27. The van der Waals surface area contributed by atoms with Crippen LogP contribution in [-0.4, -0.2) is 33.2 Å². The minimum atomic E-state index is -0.0635. The number of likely N-dealkylation sites (tertiary alicyclic amines) is 1. The minimum Gasteiger partial charge on any atom is -0.490 e. The van der Waals surface area contributed by atoms with Crippen LogP contribution < -0.4 is 9.64 Å².